The average molecular weight is 1140 g/mol. The largest absolute Gasteiger partial charge is 0.756 e. The smallest absolute Gasteiger partial charge is 0.306 e. The number of carbonyl (C=O) groups is 2. The monoisotopic (exact) mass is 1140 g/mol. The molecule has 0 heterocycles. The third-order valence-electron chi connectivity index (χ3n) is 14.1. The molecule has 2 atom stereocenters. The van der Waals surface area contributed by atoms with E-state index in [1.165, 1.54) is 148 Å². The van der Waals surface area contributed by atoms with Crippen molar-refractivity contribution in [2.24, 2.45) is 0 Å². The summed E-state index contributed by atoms with van der Waals surface area (Å²) in [4.78, 5) is 37.9. The minimum atomic E-state index is -4.64. The summed E-state index contributed by atoms with van der Waals surface area (Å²) in [5.41, 5.74) is 0. The van der Waals surface area contributed by atoms with Crippen LogP contribution in [0.3, 0.4) is 0 Å². The molecular weight excluding hydrogens is 1010 g/mol. The number of phosphoric acid groups is 1. The highest BCUT2D eigenvalue weighted by molar-refractivity contribution is 7.45. The van der Waals surface area contributed by atoms with E-state index in [1.807, 2.05) is 21.1 Å². The van der Waals surface area contributed by atoms with E-state index in [4.69, 9.17) is 18.5 Å². The minimum absolute atomic E-state index is 0.0342. The van der Waals surface area contributed by atoms with Crippen molar-refractivity contribution in [2.75, 3.05) is 47.5 Å². The van der Waals surface area contributed by atoms with E-state index in [0.717, 1.165) is 103 Å². The van der Waals surface area contributed by atoms with Gasteiger partial charge in [0.1, 0.15) is 19.8 Å². The van der Waals surface area contributed by atoms with Crippen LogP contribution in [0.1, 0.15) is 284 Å². The number of esters is 2. The summed E-state index contributed by atoms with van der Waals surface area (Å²) >= 11 is 0. The van der Waals surface area contributed by atoms with Crippen LogP contribution >= 0.6 is 7.82 Å². The second-order valence-corrected chi connectivity index (χ2v) is 24.5. The van der Waals surface area contributed by atoms with Gasteiger partial charge in [-0.15, -0.1) is 0 Å². The zero-order valence-corrected chi connectivity index (χ0v) is 53.4. The number of nitrogens with zero attached hydrogens (tertiary/aromatic N) is 1. The average Bonchev–Trinajstić information content (AvgIpc) is 3.42. The second kappa shape index (κ2) is 60.5. The van der Waals surface area contributed by atoms with Crippen LogP contribution in [-0.4, -0.2) is 70.0 Å². The highest BCUT2D eigenvalue weighted by Crippen LogP contribution is 2.38. The van der Waals surface area contributed by atoms with E-state index in [-0.39, 0.29) is 26.1 Å². The number of phosphoric ester groups is 1. The van der Waals surface area contributed by atoms with Crippen LogP contribution < -0.4 is 4.89 Å². The lowest BCUT2D eigenvalue weighted by Gasteiger charge is -2.28. The second-order valence-electron chi connectivity index (χ2n) is 23.1. The molecule has 462 valence electrons. The fraction of sp³-hybridized carbons (Fsp3) is 0.743. The Bertz CT molecular complexity index is 1670. The van der Waals surface area contributed by atoms with Gasteiger partial charge in [-0.2, -0.15) is 0 Å². The van der Waals surface area contributed by atoms with Crippen molar-refractivity contribution >= 4 is 19.8 Å². The molecule has 0 aromatic heterocycles. The van der Waals surface area contributed by atoms with Gasteiger partial charge in [-0.05, 0) is 89.9 Å². The van der Waals surface area contributed by atoms with Gasteiger partial charge < -0.3 is 27.9 Å². The maximum Gasteiger partial charge on any atom is 0.306 e. The molecule has 0 aliphatic carbocycles. The van der Waals surface area contributed by atoms with Crippen molar-refractivity contribution in [3.05, 3.63) is 97.2 Å². The van der Waals surface area contributed by atoms with Crippen molar-refractivity contribution in [2.45, 2.75) is 290 Å². The number of ether oxygens (including phenoxy) is 2. The molecule has 0 saturated heterocycles. The number of quaternary nitrogens is 1. The number of hydrogen-bond donors (Lipinski definition) is 0. The molecular formula is C70H124NO8P. The van der Waals surface area contributed by atoms with Gasteiger partial charge in [-0.25, -0.2) is 0 Å². The zero-order chi connectivity index (χ0) is 58.4. The quantitative estimate of drug-likeness (QED) is 0.0195. The molecule has 9 nitrogen and oxygen atoms in total. The van der Waals surface area contributed by atoms with Crippen molar-refractivity contribution in [3.63, 3.8) is 0 Å². The Morgan fingerprint density at radius 2 is 0.675 bits per heavy atom. The first kappa shape index (κ1) is 76.9. The zero-order valence-electron chi connectivity index (χ0n) is 52.5. The van der Waals surface area contributed by atoms with Crippen LogP contribution in [0.4, 0.5) is 0 Å². The number of likely N-dealkylation sites (N-methyl/N-ethyl adjacent to an activating group) is 1. The Morgan fingerprint density at radius 1 is 0.388 bits per heavy atom. The first-order chi connectivity index (χ1) is 39.0. The Morgan fingerprint density at radius 3 is 1.00 bits per heavy atom. The predicted molar refractivity (Wildman–Crippen MR) is 342 cm³/mol. The van der Waals surface area contributed by atoms with Crippen LogP contribution in [0.2, 0.25) is 0 Å². The van der Waals surface area contributed by atoms with Gasteiger partial charge in [-0.3, -0.25) is 14.2 Å². The van der Waals surface area contributed by atoms with Crippen LogP contribution in [0.25, 0.3) is 0 Å². The molecule has 0 aromatic carbocycles. The van der Waals surface area contributed by atoms with Gasteiger partial charge in [0.25, 0.3) is 7.82 Å². The number of allylic oxidation sites excluding steroid dienone is 16. The molecule has 0 rings (SSSR count). The molecule has 0 N–H and O–H groups in total. The van der Waals surface area contributed by atoms with E-state index in [9.17, 15) is 19.0 Å². The summed E-state index contributed by atoms with van der Waals surface area (Å²) in [6, 6.07) is 0. The normalized spacial score (nSPS) is 13.8. The third-order valence-corrected chi connectivity index (χ3v) is 15.1. The van der Waals surface area contributed by atoms with Crippen molar-refractivity contribution in [1.82, 2.24) is 0 Å². The van der Waals surface area contributed by atoms with E-state index < -0.39 is 32.5 Å². The first-order valence-corrected chi connectivity index (χ1v) is 34.4. The van der Waals surface area contributed by atoms with Gasteiger partial charge in [0, 0.05) is 12.8 Å². The number of rotatable bonds is 60. The molecule has 0 aliphatic heterocycles. The van der Waals surface area contributed by atoms with Gasteiger partial charge >= 0.3 is 11.9 Å². The summed E-state index contributed by atoms with van der Waals surface area (Å²) in [7, 11) is 1.16. The van der Waals surface area contributed by atoms with Gasteiger partial charge in [0.05, 0.1) is 27.7 Å². The number of carbonyl (C=O) groups excluding carboxylic acids is 2. The van der Waals surface area contributed by atoms with E-state index in [2.05, 4.69) is 111 Å². The SMILES string of the molecule is CC/C=C\C/C=C\C/C=C\C/C=C\C/C=C\CCCCCCCCCCCCCCCCCCCCCCCCCC(=O)OC(COC(=O)CCCCCCCCC/C=C\C/C=C\C/C=C\CC)COP(=O)([O-])OCC[N+](C)(C)C. The third kappa shape index (κ3) is 64.1. The lowest BCUT2D eigenvalue weighted by atomic mass is 10.0. The van der Waals surface area contributed by atoms with Gasteiger partial charge in [0.15, 0.2) is 6.10 Å². The van der Waals surface area contributed by atoms with Crippen LogP contribution in [0.15, 0.2) is 97.2 Å². The van der Waals surface area contributed by atoms with E-state index in [0.29, 0.717) is 17.4 Å². The Labute approximate surface area is 493 Å². The molecule has 0 saturated carbocycles. The number of unbranched alkanes of at least 4 members (excludes halogenated alkanes) is 30. The van der Waals surface area contributed by atoms with Crippen molar-refractivity contribution in [1.29, 1.82) is 0 Å². The van der Waals surface area contributed by atoms with Gasteiger partial charge in [0.2, 0.25) is 0 Å². The van der Waals surface area contributed by atoms with Crippen molar-refractivity contribution < 1.29 is 42.1 Å². The summed E-state index contributed by atoms with van der Waals surface area (Å²) in [6.07, 6.45) is 83.5. The van der Waals surface area contributed by atoms with E-state index in [1.54, 1.807) is 0 Å². The van der Waals surface area contributed by atoms with Crippen LogP contribution in [0.5, 0.6) is 0 Å². The molecule has 2 unspecified atom stereocenters. The Kier molecular flexibility index (Phi) is 58.2. The maximum atomic E-state index is 12.8. The highest BCUT2D eigenvalue weighted by atomic mass is 31.2. The summed E-state index contributed by atoms with van der Waals surface area (Å²) in [5.74, 6) is -0.838. The van der Waals surface area contributed by atoms with Crippen molar-refractivity contribution in [3.8, 4) is 0 Å². The Balaban J connectivity index is 3.95. The predicted octanol–water partition coefficient (Wildman–Crippen LogP) is 20.5. The maximum absolute atomic E-state index is 12.8. The van der Waals surface area contributed by atoms with Crippen LogP contribution in [0, 0.1) is 0 Å². The lowest BCUT2D eigenvalue weighted by Crippen LogP contribution is -2.37. The Hall–Kier alpha value is -3.07. The summed E-state index contributed by atoms with van der Waals surface area (Å²) in [6.45, 7) is 4.02. The molecule has 10 heteroatoms. The molecule has 0 aliphatic rings. The highest BCUT2D eigenvalue weighted by Gasteiger charge is 2.22. The summed E-state index contributed by atoms with van der Waals surface area (Å²) < 4.78 is 34.2. The molecule has 0 amide bonds. The summed E-state index contributed by atoms with van der Waals surface area (Å²) in [5, 5.41) is 0. The molecule has 0 fully saturated rings. The lowest BCUT2D eigenvalue weighted by molar-refractivity contribution is -0.870. The first-order valence-electron chi connectivity index (χ1n) is 32.9. The van der Waals surface area contributed by atoms with E-state index >= 15 is 0 Å². The molecule has 80 heavy (non-hydrogen) atoms. The number of hydrogen-bond acceptors (Lipinski definition) is 8. The molecule has 0 bridgehead atoms. The molecule has 0 aromatic rings. The molecule has 0 spiro atoms. The molecule has 0 radical (unpaired) electrons. The van der Waals surface area contributed by atoms with Crippen LogP contribution in [-0.2, 0) is 32.7 Å². The fourth-order valence-corrected chi connectivity index (χ4v) is 9.84. The van der Waals surface area contributed by atoms with Gasteiger partial charge in [-0.1, -0.05) is 278 Å². The fourth-order valence-electron chi connectivity index (χ4n) is 9.11. The standard InChI is InChI=1S/C70H124NO8P/c1-6-8-10-12-14-16-18-20-22-24-25-26-27-28-29-30-31-32-33-34-35-36-37-38-39-40-41-42-43-44-45-47-49-51-53-55-57-59-61-63-70(73)79-68(67-78-80(74,75)77-65-64-71(3,4)5)66-76-69(72)62-60-58-56-54-52-50-48-46-23-21-19-17-15-13-11-9-7-2/h8-11,14-17,20-23,25-26,28-29,68H,6-7,12-13,18-19,24,27,30-67H2,1-5H3/b10-8-,11-9-,16-14-,17-15-,22-20-,23-21-,26-25-,29-28-. The topological polar surface area (TPSA) is 111 Å². The minimum Gasteiger partial charge on any atom is -0.756 e.